The van der Waals surface area contributed by atoms with Crippen molar-refractivity contribution in [1.82, 2.24) is 0 Å². The number of rotatable bonds is 4. The molecule has 0 radical (unpaired) electrons. The van der Waals surface area contributed by atoms with Crippen LogP contribution in [-0.4, -0.2) is 13.0 Å². The van der Waals surface area contributed by atoms with Gasteiger partial charge in [0.25, 0.3) is 0 Å². The standard InChI is InChI=1S/C13H11BrO4S.Na/c14-11-3-1-10(2-4-11)9-18-12-5-7-13(8-6-12)19(15,16)17;/h1-8H,9H2,(H,15,16,17);/q;+1/p-1. The maximum Gasteiger partial charge on any atom is 1.00 e. The topological polar surface area (TPSA) is 66.4 Å². The van der Waals surface area contributed by atoms with Crippen LogP contribution in [0.2, 0.25) is 0 Å². The van der Waals surface area contributed by atoms with Crippen LogP contribution in [0, 0.1) is 0 Å². The molecule has 100 valence electrons. The second kappa shape index (κ2) is 7.59. The fraction of sp³-hybridized carbons (Fsp3) is 0.0769. The van der Waals surface area contributed by atoms with E-state index in [0.29, 0.717) is 12.4 Å². The van der Waals surface area contributed by atoms with Gasteiger partial charge in [0.1, 0.15) is 22.5 Å². The molecule has 20 heavy (non-hydrogen) atoms. The van der Waals surface area contributed by atoms with Crippen LogP contribution in [-0.2, 0) is 16.7 Å². The zero-order valence-electron chi connectivity index (χ0n) is 10.7. The summed E-state index contributed by atoms with van der Waals surface area (Å²) >= 11 is 3.34. The van der Waals surface area contributed by atoms with Crippen molar-refractivity contribution < 1.29 is 47.3 Å². The first-order chi connectivity index (χ1) is 8.95. The summed E-state index contributed by atoms with van der Waals surface area (Å²) in [5, 5.41) is 0. The largest absolute Gasteiger partial charge is 1.00 e. The van der Waals surface area contributed by atoms with E-state index >= 15 is 0 Å². The normalized spacial score (nSPS) is 10.7. The molecule has 0 atom stereocenters. The van der Waals surface area contributed by atoms with E-state index in [0.717, 1.165) is 10.0 Å². The van der Waals surface area contributed by atoms with Crippen LogP contribution in [0.3, 0.4) is 0 Å². The fourth-order valence-corrected chi connectivity index (χ4v) is 2.18. The van der Waals surface area contributed by atoms with E-state index in [1.54, 1.807) is 0 Å². The van der Waals surface area contributed by atoms with Gasteiger partial charge in [0.05, 0.1) is 4.90 Å². The van der Waals surface area contributed by atoms with Crippen LogP contribution in [0.15, 0.2) is 57.9 Å². The molecule has 0 fully saturated rings. The third-order valence-electron chi connectivity index (χ3n) is 2.43. The Balaban J connectivity index is 0.00000200. The average Bonchev–Trinajstić information content (AvgIpc) is 2.37. The summed E-state index contributed by atoms with van der Waals surface area (Å²) in [6.45, 7) is 0.372. The van der Waals surface area contributed by atoms with Gasteiger partial charge in [-0.2, -0.15) is 0 Å². The molecular formula is C13H10BrNaO4S. The Morgan fingerprint density at radius 1 is 1.00 bits per heavy atom. The third-order valence-corrected chi connectivity index (χ3v) is 3.81. The first-order valence-corrected chi connectivity index (χ1v) is 7.58. The summed E-state index contributed by atoms with van der Waals surface area (Å²) in [4.78, 5) is -0.261. The first kappa shape index (κ1) is 17.7. The van der Waals surface area contributed by atoms with E-state index in [-0.39, 0.29) is 34.5 Å². The smallest absolute Gasteiger partial charge is 0.744 e. The molecule has 0 aliphatic carbocycles. The van der Waals surface area contributed by atoms with Gasteiger partial charge < -0.3 is 9.29 Å². The van der Waals surface area contributed by atoms with Crippen molar-refractivity contribution in [1.29, 1.82) is 0 Å². The number of ether oxygens (including phenoxy) is 1. The molecule has 4 nitrogen and oxygen atoms in total. The second-order valence-electron chi connectivity index (χ2n) is 3.84. The van der Waals surface area contributed by atoms with Crippen LogP contribution >= 0.6 is 15.9 Å². The molecule has 0 spiro atoms. The molecule has 0 N–H and O–H groups in total. The van der Waals surface area contributed by atoms with Gasteiger partial charge >= 0.3 is 29.6 Å². The van der Waals surface area contributed by atoms with Gasteiger partial charge in [0.15, 0.2) is 0 Å². The van der Waals surface area contributed by atoms with Gasteiger partial charge in [-0.25, -0.2) is 8.42 Å². The van der Waals surface area contributed by atoms with Crippen LogP contribution in [0.1, 0.15) is 5.56 Å². The SMILES string of the molecule is O=S(=O)([O-])c1ccc(OCc2ccc(Br)cc2)cc1.[Na+]. The Morgan fingerprint density at radius 2 is 1.55 bits per heavy atom. The predicted molar refractivity (Wildman–Crippen MR) is 72.9 cm³/mol. The van der Waals surface area contributed by atoms with Gasteiger partial charge in [-0.1, -0.05) is 28.1 Å². The van der Waals surface area contributed by atoms with Crippen molar-refractivity contribution in [2.45, 2.75) is 11.5 Å². The summed E-state index contributed by atoms with van der Waals surface area (Å²) in [6, 6.07) is 13.0. The minimum absolute atomic E-state index is 0. The van der Waals surface area contributed by atoms with Crippen molar-refractivity contribution in [2.24, 2.45) is 0 Å². The molecule has 2 aromatic rings. The van der Waals surface area contributed by atoms with Crippen molar-refractivity contribution >= 4 is 26.0 Å². The van der Waals surface area contributed by atoms with Crippen LogP contribution < -0.4 is 34.3 Å². The van der Waals surface area contributed by atoms with E-state index in [2.05, 4.69) is 15.9 Å². The second-order valence-corrected chi connectivity index (χ2v) is 6.14. The summed E-state index contributed by atoms with van der Waals surface area (Å²) in [5.74, 6) is 0.510. The summed E-state index contributed by atoms with van der Waals surface area (Å²) in [7, 11) is -4.40. The molecule has 0 aliphatic heterocycles. The van der Waals surface area contributed by atoms with Gasteiger partial charge in [-0.3, -0.25) is 0 Å². The van der Waals surface area contributed by atoms with Gasteiger partial charge in [0.2, 0.25) is 0 Å². The van der Waals surface area contributed by atoms with Crippen LogP contribution in [0.25, 0.3) is 0 Å². The minimum Gasteiger partial charge on any atom is -0.744 e. The average molecular weight is 365 g/mol. The minimum atomic E-state index is -4.40. The van der Waals surface area contributed by atoms with E-state index in [1.807, 2.05) is 24.3 Å². The molecule has 0 aromatic heterocycles. The monoisotopic (exact) mass is 364 g/mol. The molecule has 0 amide bonds. The maximum absolute atomic E-state index is 10.8. The maximum atomic E-state index is 10.8. The number of halogens is 1. The third kappa shape index (κ3) is 5.20. The molecule has 2 aromatic carbocycles. The molecule has 0 bridgehead atoms. The zero-order valence-corrected chi connectivity index (χ0v) is 15.1. The summed E-state index contributed by atoms with van der Waals surface area (Å²) in [5.41, 5.74) is 0.990. The van der Waals surface area contributed by atoms with E-state index in [9.17, 15) is 13.0 Å². The number of hydrogen-bond acceptors (Lipinski definition) is 4. The van der Waals surface area contributed by atoms with Crippen LogP contribution in [0.5, 0.6) is 5.75 Å². The van der Waals surface area contributed by atoms with Crippen LogP contribution in [0.4, 0.5) is 0 Å². The van der Waals surface area contributed by atoms with Crippen molar-refractivity contribution in [2.75, 3.05) is 0 Å². The van der Waals surface area contributed by atoms with Crippen molar-refractivity contribution in [3.05, 3.63) is 58.6 Å². The van der Waals surface area contributed by atoms with Gasteiger partial charge in [0, 0.05) is 4.47 Å². The molecule has 0 saturated carbocycles. The van der Waals surface area contributed by atoms with E-state index in [1.165, 1.54) is 24.3 Å². The predicted octanol–water partition coefficient (Wildman–Crippen LogP) is -0.0638. The Kier molecular flexibility index (Phi) is 6.71. The Labute approximate surface area is 148 Å². The molecule has 2 rings (SSSR count). The number of hydrogen-bond donors (Lipinski definition) is 0. The molecule has 7 heteroatoms. The molecule has 0 heterocycles. The molecule has 0 saturated heterocycles. The Morgan fingerprint density at radius 3 is 2.05 bits per heavy atom. The Bertz CT molecular complexity index is 654. The van der Waals surface area contributed by atoms with Crippen molar-refractivity contribution in [3.8, 4) is 5.75 Å². The van der Waals surface area contributed by atoms with E-state index < -0.39 is 10.1 Å². The molecular weight excluding hydrogens is 355 g/mol. The summed E-state index contributed by atoms with van der Waals surface area (Å²) < 4.78 is 38.7. The summed E-state index contributed by atoms with van der Waals surface area (Å²) in [6.07, 6.45) is 0. The first-order valence-electron chi connectivity index (χ1n) is 5.38. The van der Waals surface area contributed by atoms with E-state index in [4.69, 9.17) is 4.74 Å². The molecule has 0 unspecified atom stereocenters. The fourth-order valence-electron chi connectivity index (χ4n) is 1.45. The Hall–Kier alpha value is -0.370. The van der Waals surface area contributed by atoms with Crippen molar-refractivity contribution in [3.63, 3.8) is 0 Å². The van der Waals surface area contributed by atoms with Gasteiger partial charge in [-0.15, -0.1) is 0 Å². The quantitative estimate of drug-likeness (QED) is 0.562. The zero-order chi connectivity index (χ0) is 13.9. The molecule has 0 aliphatic rings. The number of benzene rings is 2. The van der Waals surface area contributed by atoms with Gasteiger partial charge in [-0.05, 0) is 42.0 Å².